The van der Waals surface area contributed by atoms with Crippen LogP contribution in [0.4, 0.5) is 4.79 Å². The summed E-state index contributed by atoms with van der Waals surface area (Å²) in [4.78, 5) is 33.7. The summed E-state index contributed by atoms with van der Waals surface area (Å²) < 4.78 is 0. The van der Waals surface area contributed by atoms with E-state index < -0.39 is 18.0 Å². The first-order chi connectivity index (χ1) is 8.88. The van der Waals surface area contributed by atoms with Gasteiger partial charge in [0.15, 0.2) is 0 Å². The SMILES string of the molecule is CC(C)C[C@@H](NC(=O)NCC(=O)NC1CC1)C(=O)O. The second-order valence-electron chi connectivity index (χ2n) is 5.19. The molecule has 7 heteroatoms. The van der Waals surface area contributed by atoms with Crippen molar-refractivity contribution < 1.29 is 19.5 Å². The minimum Gasteiger partial charge on any atom is -0.480 e. The van der Waals surface area contributed by atoms with Crippen molar-refractivity contribution in [1.82, 2.24) is 16.0 Å². The highest BCUT2D eigenvalue weighted by molar-refractivity contribution is 5.86. The predicted octanol–water partition coefficient (Wildman–Crippen LogP) is 0.0635. The van der Waals surface area contributed by atoms with Crippen molar-refractivity contribution in [2.24, 2.45) is 5.92 Å². The molecule has 0 spiro atoms. The van der Waals surface area contributed by atoms with Crippen LogP contribution in [0.15, 0.2) is 0 Å². The van der Waals surface area contributed by atoms with Gasteiger partial charge in [-0.25, -0.2) is 9.59 Å². The van der Waals surface area contributed by atoms with E-state index in [-0.39, 0.29) is 24.4 Å². The van der Waals surface area contributed by atoms with Crippen molar-refractivity contribution in [1.29, 1.82) is 0 Å². The molecule has 3 amide bonds. The number of amides is 3. The summed E-state index contributed by atoms with van der Waals surface area (Å²) in [6, 6.07) is -1.34. The van der Waals surface area contributed by atoms with Crippen LogP contribution in [0, 0.1) is 5.92 Å². The molecule has 0 aromatic heterocycles. The van der Waals surface area contributed by atoms with Gasteiger partial charge in [0.1, 0.15) is 6.04 Å². The Balaban J connectivity index is 2.26. The molecule has 4 N–H and O–H groups in total. The number of hydrogen-bond donors (Lipinski definition) is 4. The number of carboxylic acid groups (broad SMARTS) is 1. The highest BCUT2D eigenvalue weighted by Crippen LogP contribution is 2.18. The van der Waals surface area contributed by atoms with Crippen molar-refractivity contribution >= 4 is 17.9 Å². The van der Waals surface area contributed by atoms with Crippen molar-refractivity contribution in [3.05, 3.63) is 0 Å². The standard InChI is InChI=1S/C12H21N3O4/c1-7(2)5-9(11(17)18)15-12(19)13-6-10(16)14-8-3-4-8/h7-9H,3-6H2,1-2H3,(H,14,16)(H,17,18)(H2,13,15,19)/t9-/m1/s1. The highest BCUT2D eigenvalue weighted by Gasteiger charge is 2.24. The van der Waals surface area contributed by atoms with E-state index in [1.807, 2.05) is 13.8 Å². The molecule has 0 bridgehead atoms. The van der Waals surface area contributed by atoms with Gasteiger partial charge in [-0.2, -0.15) is 0 Å². The Hall–Kier alpha value is -1.79. The molecule has 1 saturated carbocycles. The van der Waals surface area contributed by atoms with Crippen LogP contribution in [0.5, 0.6) is 0 Å². The second-order valence-corrected chi connectivity index (χ2v) is 5.19. The van der Waals surface area contributed by atoms with E-state index in [1.165, 1.54) is 0 Å². The second kappa shape index (κ2) is 6.96. The van der Waals surface area contributed by atoms with Crippen LogP contribution in [0.2, 0.25) is 0 Å². The molecule has 0 unspecified atom stereocenters. The minimum absolute atomic E-state index is 0.143. The maximum atomic E-state index is 11.5. The number of carboxylic acids is 1. The molecule has 19 heavy (non-hydrogen) atoms. The van der Waals surface area contributed by atoms with Crippen molar-refractivity contribution in [2.75, 3.05) is 6.54 Å². The summed E-state index contributed by atoms with van der Waals surface area (Å²) in [6.45, 7) is 3.60. The number of carbonyl (C=O) groups excluding carboxylic acids is 2. The van der Waals surface area contributed by atoms with E-state index >= 15 is 0 Å². The molecule has 0 saturated heterocycles. The monoisotopic (exact) mass is 271 g/mol. The summed E-state index contributed by atoms with van der Waals surface area (Å²) in [5, 5.41) is 16.4. The van der Waals surface area contributed by atoms with Gasteiger partial charge in [0.25, 0.3) is 0 Å². The zero-order chi connectivity index (χ0) is 14.4. The molecular weight excluding hydrogens is 250 g/mol. The van der Waals surface area contributed by atoms with E-state index in [1.54, 1.807) is 0 Å². The lowest BCUT2D eigenvalue weighted by Crippen LogP contribution is -2.49. The Kier molecular flexibility index (Phi) is 5.59. The third kappa shape index (κ3) is 6.64. The molecule has 0 aromatic carbocycles. The van der Waals surface area contributed by atoms with Gasteiger partial charge >= 0.3 is 12.0 Å². The van der Waals surface area contributed by atoms with Crippen molar-refractivity contribution in [3.8, 4) is 0 Å². The van der Waals surface area contributed by atoms with Gasteiger partial charge in [0.05, 0.1) is 6.54 Å². The van der Waals surface area contributed by atoms with Gasteiger partial charge in [0, 0.05) is 6.04 Å². The molecule has 1 aliphatic rings. The Bertz CT molecular complexity index is 353. The van der Waals surface area contributed by atoms with E-state index in [4.69, 9.17) is 5.11 Å². The normalized spacial score (nSPS) is 15.7. The Labute approximate surface area is 112 Å². The molecule has 0 radical (unpaired) electrons. The van der Waals surface area contributed by atoms with Crippen LogP contribution in [0.25, 0.3) is 0 Å². The quantitative estimate of drug-likeness (QED) is 0.525. The van der Waals surface area contributed by atoms with Crippen LogP contribution < -0.4 is 16.0 Å². The van der Waals surface area contributed by atoms with E-state index in [9.17, 15) is 14.4 Å². The van der Waals surface area contributed by atoms with Gasteiger partial charge in [-0.15, -0.1) is 0 Å². The average Bonchev–Trinajstić information content (AvgIpc) is 3.08. The van der Waals surface area contributed by atoms with Gasteiger partial charge in [-0.1, -0.05) is 13.8 Å². The molecule has 1 rings (SSSR count). The first-order valence-electron chi connectivity index (χ1n) is 6.45. The van der Waals surface area contributed by atoms with Crippen LogP contribution in [0.3, 0.4) is 0 Å². The summed E-state index contributed by atoms with van der Waals surface area (Å²) in [6.07, 6.45) is 2.30. The largest absolute Gasteiger partial charge is 0.480 e. The van der Waals surface area contributed by atoms with E-state index in [2.05, 4.69) is 16.0 Å². The molecule has 1 fully saturated rings. The maximum absolute atomic E-state index is 11.5. The Morgan fingerprint density at radius 2 is 1.89 bits per heavy atom. The van der Waals surface area contributed by atoms with Crippen molar-refractivity contribution in [3.63, 3.8) is 0 Å². The van der Waals surface area contributed by atoms with Crippen LogP contribution in [-0.4, -0.2) is 41.6 Å². The number of carbonyl (C=O) groups is 3. The molecule has 0 aromatic rings. The Morgan fingerprint density at radius 1 is 1.26 bits per heavy atom. The van der Waals surface area contributed by atoms with Crippen LogP contribution in [-0.2, 0) is 9.59 Å². The lowest BCUT2D eigenvalue weighted by molar-refractivity contribution is -0.139. The zero-order valence-corrected chi connectivity index (χ0v) is 11.2. The average molecular weight is 271 g/mol. The topological polar surface area (TPSA) is 108 Å². The number of rotatable bonds is 7. The minimum atomic E-state index is -1.08. The smallest absolute Gasteiger partial charge is 0.326 e. The fraction of sp³-hybridized carbons (Fsp3) is 0.750. The van der Waals surface area contributed by atoms with Gasteiger partial charge in [-0.3, -0.25) is 4.79 Å². The van der Waals surface area contributed by atoms with Gasteiger partial charge in [0.2, 0.25) is 5.91 Å². The molecule has 0 aliphatic heterocycles. The fourth-order valence-electron chi connectivity index (χ4n) is 1.57. The Morgan fingerprint density at radius 3 is 2.37 bits per heavy atom. The lowest BCUT2D eigenvalue weighted by Gasteiger charge is -2.16. The number of hydrogen-bond acceptors (Lipinski definition) is 3. The van der Waals surface area contributed by atoms with Gasteiger partial charge < -0.3 is 21.1 Å². The molecular formula is C12H21N3O4. The van der Waals surface area contributed by atoms with Gasteiger partial charge in [-0.05, 0) is 25.2 Å². The van der Waals surface area contributed by atoms with E-state index in [0.29, 0.717) is 6.42 Å². The predicted molar refractivity (Wildman–Crippen MR) is 68.6 cm³/mol. The molecule has 1 aliphatic carbocycles. The van der Waals surface area contributed by atoms with Crippen LogP contribution >= 0.6 is 0 Å². The number of urea groups is 1. The summed E-state index contributed by atoms with van der Waals surface area (Å²) in [5.74, 6) is -1.18. The summed E-state index contributed by atoms with van der Waals surface area (Å²) in [5.41, 5.74) is 0. The molecule has 1 atom stereocenters. The number of nitrogens with one attached hydrogen (secondary N) is 3. The molecule has 0 heterocycles. The lowest BCUT2D eigenvalue weighted by atomic mass is 10.0. The zero-order valence-electron chi connectivity index (χ0n) is 11.2. The third-order valence-electron chi connectivity index (χ3n) is 2.66. The summed E-state index contributed by atoms with van der Waals surface area (Å²) in [7, 11) is 0. The fourth-order valence-corrected chi connectivity index (χ4v) is 1.57. The molecule has 108 valence electrons. The first kappa shape index (κ1) is 15.3. The maximum Gasteiger partial charge on any atom is 0.326 e. The number of aliphatic carboxylic acids is 1. The molecule has 7 nitrogen and oxygen atoms in total. The van der Waals surface area contributed by atoms with E-state index in [0.717, 1.165) is 12.8 Å². The highest BCUT2D eigenvalue weighted by atomic mass is 16.4. The third-order valence-corrected chi connectivity index (χ3v) is 2.66. The summed E-state index contributed by atoms with van der Waals surface area (Å²) >= 11 is 0. The first-order valence-corrected chi connectivity index (χ1v) is 6.45. The van der Waals surface area contributed by atoms with Crippen molar-refractivity contribution in [2.45, 2.75) is 45.2 Å². The van der Waals surface area contributed by atoms with Crippen LogP contribution in [0.1, 0.15) is 33.1 Å².